The number of allylic oxidation sites excluding steroid dienone is 2. The number of anilines is 1. The molecule has 1 aromatic carbocycles. The first kappa shape index (κ1) is 12.9. The van der Waals surface area contributed by atoms with Crippen molar-refractivity contribution in [3.05, 3.63) is 41.5 Å². The zero-order valence-electron chi connectivity index (χ0n) is 11.4. The molecule has 1 aliphatic rings. The topological polar surface area (TPSA) is 29.1 Å². The first-order chi connectivity index (χ1) is 8.51. The molecule has 0 fully saturated rings. The van der Waals surface area contributed by atoms with E-state index < -0.39 is 0 Å². The zero-order valence-corrected chi connectivity index (χ0v) is 11.4. The van der Waals surface area contributed by atoms with Gasteiger partial charge in [0.05, 0.1) is 5.41 Å². The first-order valence-corrected chi connectivity index (χ1v) is 6.54. The van der Waals surface area contributed by atoms with Crippen molar-refractivity contribution in [1.82, 2.24) is 0 Å². The average molecular weight is 243 g/mol. The molecule has 0 aromatic heterocycles. The zero-order chi connectivity index (χ0) is 13.2. The summed E-state index contributed by atoms with van der Waals surface area (Å²) in [6.07, 6.45) is 5.00. The van der Waals surface area contributed by atoms with Crippen LogP contribution in [0.2, 0.25) is 0 Å². The summed E-state index contributed by atoms with van der Waals surface area (Å²) in [4.78, 5) is 12.4. The van der Waals surface area contributed by atoms with E-state index in [9.17, 15) is 4.79 Å². The van der Waals surface area contributed by atoms with Crippen molar-refractivity contribution in [3.8, 4) is 0 Å². The summed E-state index contributed by atoms with van der Waals surface area (Å²) < 4.78 is 0. The monoisotopic (exact) mass is 243 g/mol. The SMILES string of the molecule is CC1=CCC(C)(C(=O)Nc2ccccc2C)CC1. The molecule has 2 rings (SSSR count). The first-order valence-electron chi connectivity index (χ1n) is 6.54. The second-order valence-corrected chi connectivity index (χ2v) is 5.58. The number of hydrogen-bond donors (Lipinski definition) is 1. The number of benzene rings is 1. The molecule has 18 heavy (non-hydrogen) atoms. The van der Waals surface area contributed by atoms with Gasteiger partial charge in [0.15, 0.2) is 0 Å². The lowest BCUT2D eigenvalue weighted by Crippen LogP contribution is -2.34. The molecule has 0 bridgehead atoms. The molecule has 0 radical (unpaired) electrons. The number of aryl methyl sites for hydroxylation is 1. The summed E-state index contributed by atoms with van der Waals surface area (Å²) in [5.74, 6) is 0.139. The van der Waals surface area contributed by atoms with Gasteiger partial charge in [-0.05, 0) is 44.7 Å². The van der Waals surface area contributed by atoms with Gasteiger partial charge in [0.1, 0.15) is 0 Å². The van der Waals surface area contributed by atoms with E-state index in [1.54, 1.807) is 0 Å². The van der Waals surface area contributed by atoms with E-state index in [-0.39, 0.29) is 11.3 Å². The van der Waals surface area contributed by atoms with Crippen molar-refractivity contribution >= 4 is 11.6 Å². The highest BCUT2D eigenvalue weighted by atomic mass is 16.2. The summed E-state index contributed by atoms with van der Waals surface area (Å²) in [6.45, 7) is 6.21. The lowest BCUT2D eigenvalue weighted by molar-refractivity contribution is -0.125. The molecule has 0 spiro atoms. The number of para-hydroxylation sites is 1. The number of rotatable bonds is 2. The van der Waals surface area contributed by atoms with E-state index in [0.29, 0.717) is 0 Å². The van der Waals surface area contributed by atoms with Crippen molar-refractivity contribution in [2.75, 3.05) is 5.32 Å². The highest BCUT2D eigenvalue weighted by molar-refractivity contribution is 5.95. The largest absolute Gasteiger partial charge is 0.325 e. The van der Waals surface area contributed by atoms with Crippen LogP contribution in [0.1, 0.15) is 38.7 Å². The highest BCUT2D eigenvalue weighted by Crippen LogP contribution is 2.36. The van der Waals surface area contributed by atoms with Gasteiger partial charge in [0, 0.05) is 5.69 Å². The van der Waals surface area contributed by atoms with Crippen molar-refractivity contribution in [2.45, 2.75) is 40.0 Å². The second-order valence-electron chi connectivity index (χ2n) is 5.58. The smallest absolute Gasteiger partial charge is 0.230 e. The van der Waals surface area contributed by atoms with E-state index in [0.717, 1.165) is 30.5 Å². The molecule has 0 saturated carbocycles. The number of amides is 1. The molecular weight excluding hydrogens is 222 g/mol. The van der Waals surface area contributed by atoms with Crippen LogP contribution in [0.3, 0.4) is 0 Å². The minimum Gasteiger partial charge on any atom is -0.325 e. The molecule has 1 amide bonds. The minimum absolute atomic E-state index is 0.139. The Hall–Kier alpha value is -1.57. The number of carbonyl (C=O) groups excluding carboxylic acids is 1. The Kier molecular flexibility index (Phi) is 3.55. The molecule has 1 aliphatic carbocycles. The Morgan fingerprint density at radius 2 is 2.00 bits per heavy atom. The van der Waals surface area contributed by atoms with E-state index in [1.807, 2.05) is 31.2 Å². The molecule has 1 unspecified atom stereocenters. The van der Waals surface area contributed by atoms with Gasteiger partial charge in [-0.15, -0.1) is 0 Å². The Labute approximate surface area is 109 Å². The Morgan fingerprint density at radius 3 is 2.61 bits per heavy atom. The van der Waals surface area contributed by atoms with Crippen LogP contribution < -0.4 is 5.32 Å². The lowest BCUT2D eigenvalue weighted by Gasteiger charge is -2.31. The maximum Gasteiger partial charge on any atom is 0.230 e. The molecule has 0 aliphatic heterocycles. The number of carbonyl (C=O) groups is 1. The fourth-order valence-corrected chi connectivity index (χ4v) is 2.27. The quantitative estimate of drug-likeness (QED) is 0.779. The lowest BCUT2D eigenvalue weighted by atomic mass is 9.76. The number of hydrogen-bond acceptors (Lipinski definition) is 1. The fourth-order valence-electron chi connectivity index (χ4n) is 2.27. The van der Waals surface area contributed by atoms with Crippen molar-refractivity contribution in [1.29, 1.82) is 0 Å². The average Bonchev–Trinajstić information content (AvgIpc) is 2.36. The molecule has 2 nitrogen and oxygen atoms in total. The molecule has 2 heteroatoms. The third kappa shape index (κ3) is 2.63. The maximum absolute atomic E-state index is 12.4. The summed E-state index contributed by atoms with van der Waals surface area (Å²) in [6, 6.07) is 7.92. The van der Waals surface area contributed by atoms with Crippen LogP contribution in [-0.2, 0) is 4.79 Å². The Morgan fingerprint density at radius 1 is 1.28 bits per heavy atom. The van der Waals surface area contributed by atoms with Gasteiger partial charge in [-0.25, -0.2) is 0 Å². The highest BCUT2D eigenvalue weighted by Gasteiger charge is 2.34. The summed E-state index contributed by atoms with van der Waals surface area (Å²) in [5, 5.41) is 3.07. The van der Waals surface area contributed by atoms with E-state index in [1.165, 1.54) is 5.57 Å². The van der Waals surface area contributed by atoms with Crippen LogP contribution in [-0.4, -0.2) is 5.91 Å². The van der Waals surface area contributed by atoms with Gasteiger partial charge in [0.25, 0.3) is 0 Å². The van der Waals surface area contributed by atoms with E-state index >= 15 is 0 Å². The third-order valence-corrected chi connectivity index (χ3v) is 3.91. The second kappa shape index (κ2) is 4.97. The van der Waals surface area contributed by atoms with Crippen LogP contribution in [0, 0.1) is 12.3 Å². The van der Waals surface area contributed by atoms with Gasteiger partial charge < -0.3 is 5.32 Å². The summed E-state index contributed by atoms with van der Waals surface area (Å²) >= 11 is 0. The van der Waals surface area contributed by atoms with Gasteiger partial charge in [0.2, 0.25) is 5.91 Å². The molecule has 0 saturated heterocycles. The molecular formula is C16H21NO. The standard InChI is InChI=1S/C16H21NO/c1-12-8-10-16(3,11-9-12)15(18)17-14-7-5-4-6-13(14)2/h4-8H,9-11H2,1-3H3,(H,17,18). The summed E-state index contributed by atoms with van der Waals surface area (Å²) in [5.41, 5.74) is 3.17. The van der Waals surface area contributed by atoms with Crippen LogP contribution >= 0.6 is 0 Å². The van der Waals surface area contributed by atoms with Gasteiger partial charge >= 0.3 is 0 Å². The minimum atomic E-state index is -0.262. The Balaban J connectivity index is 2.11. The molecule has 1 atom stereocenters. The fraction of sp³-hybridized carbons (Fsp3) is 0.438. The van der Waals surface area contributed by atoms with E-state index in [4.69, 9.17) is 0 Å². The predicted molar refractivity (Wildman–Crippen MR) is 75.5 cm³/mol. The maximum atomic E-state index is 12.4. The molecule has 0 heterocycles. The Bertz CT molecular complexity index is 490. The van der Waals surface area contributed by atoms with Crippen molar-refractivity contribution in [2.24, 2.45) is 5.41 Å². The predicted octanol–water partition coefficient (Wildman–Crippen LogP) is 4.07. The van der Waals surface area contributed by atoms with Gasteiger partial charge in [-0.2, -0.15) is 0 Å². The molecule has 1 aromatic rings. The van der Waals surface area contributed by atoms with Crippen LogP contribution in [0.5, 0.6) is 0 Å². The molecule has 1 N–H and O–H groups in total. The van der Waals surface area contributed by atoms with Crippen molar-refractivity contribution in [3.63, 3.8) is 0 Å². The van der Waals surface area contributed by atoms with Crippen molar-refractivity contribution < 1.29 is 4.79 Å². The van der Waals surface area contributed by atoms with Gasteiger partial charge in [-0.1, -0.05) is 36.8 Å². The molecule has 96 valence electrons. The third-order valence-electron chi connectivity index (χ3n) is 3.91. The van der Waals surface area contributed by atoms with Gasteiger partial charge in [-0.3, -0.25) is 4.79 Å². The van der Waals surface area contributed by atoms with Crippen LogP contribution in [0.15, 0.2) is 35.9 Å². The summed E-state index contributed by atoms with van der Waals surface area (Å²) in [7, 11) is 0. The van der Waals surface area contributed by atoms with E-state index in [2.05, 4.69) is 25.2 Å². The number of nitrogens with one attached hydrogen (secondary N) is 1. The van der Waals surface area contributed by atoms with Crippen LogP contribution in [0.25, 0.3) is 0 Å². The normalized spacial score (nSPS) is 23.4. The van der Waals surface area contributed by atoms with Crippen LogP contribution in [0.4, 0.5) is 5.69 Å².